The first-order valence-corrected chi connectivity index (χ1v) is 15.5. The molecule has 0 spiro atoms. The van der Waals surface area contributed by atoms with Gasteiger partial charge in [-0.2, -0.15) is 0 Å². The molecule has 0 aliphatic carbocycles. The molecular formula is C40H36O7. The van der Waals surface area contributed by atoms with Crippen molar-refractivity contribution in [2.75, 3.05) is 7.11 Å². The van der Waals surface area contributed by atoms with Gasteiger partial charge in [0.15, 0.2) is 28.4 Å². The Morgan fingerprint density at radius 1 is 0.596 bits per heavy atom. The van der Waals surface area contributed by atoms with E-state index in [2.05, 4.69) is 0 Å². The van der Waals surface area contributed by atoms with E-state index in [1.165, 1.54) is 13.2 Å². The quantitative estimate of drug-likeness (QED) is 0.126. The van der Waals surface area contributed by atoms with Crippen LogP contribution in [0.15, 0.2) is 131 Å². The van der Waals surface area contributed by atoms with E-state index < -0.39 is 0 Å². The number of benzene rings is 5. The molecule has 0 radical (unpaired) electrons. The maximum Gasteiger partial charge on any atom is 0.204 e. The molecule has 47 heavy (non-hydrogen) atoms. The number of fused-ring (bicyclic) bond motifs is 1. The molecule has 6 rings (SSSR count). The van der Waals surface area contributed by atoms with Gasteiger partial charge in [-0.15, -0.1) is 0 Å². The van der Waals surface area contributed by atoms with Crippen LogP contribution in [0.5, 0.6) is 28.7 Å². The molecule has 0 amide bonds. The molecule has 1 aromatic heterocycles. The second-order valence-corrected chi connectivity index (χ2v) is 11.2. The minimum atomic E-state index is -0.277. The summed E-state index contributed by atoms with van der Waals surface area (Å²) in [5.74, 6) is 2.47. The van der Waals surface area contributed by atoms with Crippen molar-refractivity contribution in [1.82, 2.24) is 0 Å². The van der Waals surface area contributed by atoms with Crippen molar-refractivity contribution in [2.24, 2.45) is 0 Å². The molecule has 0 aliphatic rings. The first-order chi connectivity index (χ1) is 23.0. The molecule has 6 aromatic rings. The summed E-state index contributed by atoms with van der Waals surface area (Å²) in [6.07, 6.45) is -0.233. The fraction of sp³-hybridized carbons (Fsp3) is 0.175. The van der Waals surface area contributed by atoms with E-state index in [0.29, 0.717) is 59.7 Å². The van der Waals surface area contributed by atoms with Gasteiger partial charge in [0.05, 0.1) is 13.2 Å². The maximum atomic E-state index is 13.8. The Morgan fingerprint density at radius 3 is 1.66 bits per heavy atom. The molecule has 0 saturated carbocycles. The second-order valence-electron chi connectivity index (χ2n) is 11.2. The maximum absolute atomic E-state index is 13.8. The van der Waals surface area contributed by atoms with Crippen molar-refractivity contribution >= 4 is 11.0 Å². The summed E-state index contributed by atoms with van der Waals surface area (Å²) in [5.41, 5.74) is 3.70. The van der Waals surface area contributed by atoms with Crippen molar-refractivity contribution in [3.05, 3.63) is 148 Å². The minimum absolute atomic E-state index is 0.233. The standard InChI is InChI=1S/C40H36O7/c1-27(2)46-40-38-32(41)22-34(47-36(38)23-37(39(40)42-3)45-26-30-17-11-6-12-18-30)31-19-20-33(43-24-28-13-7-4-8-14-28)35(21-31)44-25-29-15-9-5-10-16-29/h4-23,27H,24-26H2,1-3H3. The molecular weight excluding hydrogens is 592 g/mol. The Kier molecular flexibility index (Phi) is 9.73. The molecule has 0 N–H and O–H groups in total. The molecule has 5 aromatic carbocycles. The van der Waals surface area contributed by atoms with Gasteiger partial charge in [-0.3, -0.25) is 4.79 Å². The lowest BCUT2D eigenvalue weighted by molar-refractivity contribution is 0.224. The largest absolute Gasteiger partial charge is 0.490 e. The van der Waals surface area contributed by atoms with Crippen LogP contribution < -0.4 is 29.1 Å². The molecule has 7 nitrogen and oxygen atoms in total. The summed E-state index contributed by atoms with van der Waals surface area (Å²) in [6, 6.07) is 38.3. The lowest BCUT2D eigenvalue weighted by Crippen LogP contribution is -2.12. The number of rotatable bonds is 13. The van der Waals surface area contributed by atoms with E-state index in [4.69, 9.17) is 28.1 Å². The van der Waals surface area contributed by atoms with Crippen LogP contribution in [-0.4, -0.2) is 13.2 Å². The van der Waals surface area contributed by atoms with Crippen LogP contribution in [0, 0.1) is 0 Å². The Bertz CT molecular complexity index is 1990. The molecule has 1 heterocycles. The third kappa shape index (κ3) is 7.59. The Labute approximate surface area is 273 Å². The van der Waals surface area contributed by atoms with Crippen LogP contribution in [0.25, 0.3) is 22.3 Å². The Hall–Kier alpha value is -5.69. The zero-order valence-electron chi connectivity index (χ0n) is 26.6. The smallest absolute Gasteiger partial charge is 0.204 e. The lowest BCUT2D eigenvalue weighted by atomic mass is 10.1. The van der Waals surface area contributed by atoms with Crippen LogP contribution in [0.1, 0.15) is 30.5 Å². The number of methoxy groups -OCH3 is 1. The average molecular weight is 629 g/mol. The van der Waals surface area contributed by atoms with Crippen molar-refractivity contribution in [1.29, 1.82) is 0 Å². The molecule has 0 fully saturated rings. The van der Waals surface area contributed by atoms with E-state index in [0.717, 1.165) is 16.7 Å². The predicted octanol–water partition coefficient (Wildman–Crippen LogP) is 8.99. The van der Waals surface area contributed by atoms with Gasteiger partial charge in [-0.05, 0) is 48.7 Å². The van der Waals surface area contributed by atoms with Crippen LogP contribution in [0.4, 0.5) is 0 Å². The van der Waals surface area contributed by atoms with E-state index in [-0.39, 0.29) is 22.7 Å². The molecule has 0 atom stereocenters. The third-order valence-electron chi connectivity index (χ3n) is 7.39. The molecule has 0 aliphatic heterocycles. The highest BCUT2D eigenvalue weighted by Gasteiger charge is 2.23. The average Bonchev–Trinajstić information content (AvgIpc) is 3.10. The minimum Gasteiger partial charge on any atom is -0.490 e. The zero-order valence-corrected chi connectivity index (χ0v) is 26.6. The highest BCUT2D eigenvalue weighted by molar-refractivity contribution is 5.90. The summed E-state index contributed by atoms with van der Waals surface area (Å²) in [6.45, 7) is 4.78. The first kappa shape index (κ1) is 31.3. The summed E-state index contributed by atoms with van der Waals surface area (Å²) in [7, 11) is 1.53. The van der Waals surface area contributed by atoms with Gasteiger partial charge in [0.2, 0.25) is 5.75 Å². The number of ether oxygens (including phenoxy) is 5. The summed E-state index contributed by atoms with van der Waals surface area (Å²) >= 11 is 0. The second kappa shape index (κ2) is 14.6. The van der Waals surface area contributed by atoms with E-state index >= 15 is 0 Å². The Morgan fingerprint density at radius 2 is 1.13 bits per heavy atom. The van der Waals surface area contributed by atoms with Gasteiger partial charge in [-0.25, -0.2) is 0 Å². The van der Waals surface area contributed by atoms with Crippen LogP contribution in [0.3, 0.4) is 0 Å². The van der Waals surface area contributed by atoms with Gasteiger partial charge < -0.3 is 28.1 Å². The van der Waals surface area contributed by atoms with Crippen LogP contribution >= 0.6 is 0 Å². The summed E-state index contributed by atoms with van der Waals surface area (Å²) in [5, 5.41) is 0.273. The van der Waals surface area contributed by atoms with E-state index in [9.17, 15) is 4.79 Å². The van der Waals surface area contributed by atoms with Crippen molar-refractivity contribution < 1.29 is 28.1 Å². The SMILES string of the molecule is COc1c(OCc2ccccc2)cc2oc(-c3ccc(OCc4ccccc4)c(OCc4ccccc4)c3)cc(=O)c2c1OC(C)C. The van der Waals surface area contributed by atoms with Gasteiger partial charge in [0.1, 0.15) is 36.6 Å². The van der Waals surface area contributed by atoms with Gasteiger partial charge >= 0.3 is 0 Å². The number of hydrogen-bond acceptors (Lipinski definition) is 7. The lowest BCUT2D eigenvalue weighted by Gasteiger charge is -2.19. The van der Waals surface area contributed by atoms with Crippen molar-refractivity contribution in [3.63, 3.8) is 0 Å². The number of hydrogen-bond donors (Lipinski definition) is 0. The fourth-order valence-corrected chi connectivity index (χ4v) is 5.14. The molecule has 0 unspecified atom stereocenters. The van der Waals surface area contributed by atoms with Crippen LogP contribution in [-0.2, 0) is 19.8 Å². The molecule has 7 heteroatoms. The monoisotopic (exact) mass is 628 g/mol. The zero-order chi connectivity index (χ0) is 32.6. The predicted molar refractivity (Wildman–Crippen MR) is 183 cm³/mol. The topological polar surface area (TPSA) is 76.4 Å². The summed E-state index contributed by atoms with van der Waals surface area (Å²) in [4.78, 5) is 13.8. The summed E-state index contributed by atoms with van der Waals surface area (Å²) < 4.78 is 37.0. The van der Waals surface area contributed by atoms with Crippen LogP contribution in [0.2, 0.25) is 0 Å². The Balaban J connectivity index is 1.39. The third-order valence-corrected chi connectivity index (χ3v) is 7.39. The fourth-order valence-electron chi connectivity index (χ4n) is 5.14. The molecule has 238 valence electrons. The van der Waals surface area contributed by atoms with Gasteiger partial charge in [0.25, 0.3) is 0 Å². The first-order valence-electron chi connectivity index (χ1n) is 15.5. The van der Waals surface area contributed by atoms with E-state index in [1.807, 2.05) is 123 Å². The normalized spacial score (nSPS) is 11.0. The highest BCUT2D eigenvalue weighted by atomic mass is 16.5. The van der Waals surface area contributed by atoms with E-state index in [1.54, 1.807) is 6.07 Å². The highest BCUT2D eigenvalue weighted by Crippen LogP contribution is 2.44. The molecule has 0 saturated heterocycles. The molecule has 0 bridgehead atoms. The van der Waals surface area contributed by atoms with Crippen molar-refractivity contribution in [3.8, 4) is 40.1 Å². The van der Waals surface area contributed by atoms with Crippen molar-refractivity contribution in [2.45, 2.75) is 39.8 Å². The van der Waals surface area contributed by atoms with Gasteiger partial charge in [-0.1, -0.05) is 91.0 Å². The van der Waals surface area contributed by atoms with Gasteiger partial charge in [0, 0.05) is 17.7 Å².